The summed E-state index contributed by atoms with van der Waals surface area (Å²) in [5.41, 5.74) is 0.507. The fourth-order valence-corrected chi connectivity index (χ4v) is 2.98. The summed E-state index contributed by atoms with van der Waals surface area (Å²) >= 11 is 0. The van der Waals surface area contributed by atoms with Gasteiger partial charge in [-0.3, -0.25) is 4.79 Å². The zero-order chi connectivity index (χ0) is 14.3. The zero-order valence-electron chi connectivity index (χ0n) is 13.3. The lowest BCUT2D eigenvalue weighted by Crippen LogP contribution is -2.35. The SMILES string of the molecule is CCN(CC)C(=O)CCNC1CCCC(C)(C)CC1. The van der Waals surface area contributed by atoms with Crippen molar-refractivity contribution >= 4 is 5.91 Å². The normalized spacial score (nSPS) is 22.8. The van der Waals surface area contributed by atoms with Crippen LogP contribution in [0.1, 0.15) is 66.2 Å². The molecule has 0 aromatic rings. The number of nitrogens with one attached hydrogen (secondary N) is 1. The van der Waals surface area contributed by atoms with Crippen LogP contribution in [-0.2, 0) is 4.79 Å². The third-order valence-electron chi connectivity index (χ3n) is 4.46. The van der Waals surface area contributed by atoms with Crippen LogP contribution in [0.15, 0.2) is 0 Å². The molecule has 0 spiro atoms. The highest BCUT2D eigenvalue weighted by Crippen LogP contribution is 2.33. The van der Waals surface area contributed by atoms with Crippen molar-refractivity contribution in [1.29, 1.82) is 0 Å². The minimum absolute atomic E-state index is 0.284. The van der Waals surface area contributed by atoms with Crippen molar-refractivity contribution in [1.82, 2.24) is 10.2 Å². The fraction of sp³-hybridized carbons (Fsp3) is 0.938. The summed E-state index contributed by atoms with van der Waals surface area (Å²) in [6.45, 7) is 11.3. The van der Waals surface area contributed by atoms with Gasteiger partial charge in [0, 0.05) is 32.1 Å². The van der Waals surface area contributed by atoms with Crippen LogP contribution >= 0.6 is 0 Å². The Morgan fingerprint density at radius 1 is 1.21 bits per heavy atom. The van der Waals surface area contributed by atoms with Gasteiger partial charge < -0.3 is 10.2 Å². The molecule has 19 heavy (non-hydrogen) atoms. The number of amides is 1. The molecule has 3 heteroatoms. The molecule has 1 amide bonds. The highest BCUT2D eigenvalue weighted by Gasteiger charge is 2.24. The van der Waals surface area contributed by atoms with Crippen LogP contribution < -0.4 is 5.32 Å². The smallest absolute Gasteiger partial charge is 0.223 e. The van der Waals surface area contributed by atoms with Crippen molar-refractivity contribution in [2.24, 2.45) is 5.41 Å². The molecule has 0 aromatic heterocycles. The molecular weight excluding hydrogens is 236 g/mol. The first-order valence-electron chi connectivity index (χ1n) is 7.99. The number of carbonyl (C=O) groups is 1. The summed E-state index contributed by atoms with van der Waals surface area (Å²) < 4.78 is 0. The molecule has 0 radical (unpaired) electrons. The summed E-state index contributed by atoms with van der Waals surface area (Å²) in [5.74, 6) is 0.284. The van der Waals surface area contributed by atoms with E-state index in [0.29, 0.717) is 17.9 Å². The Kier molecular flexibility index (Phi) is 6.84. The van der Waals surface area contributed by atoms with Crippen LogP contribution in [0.5, 0.6) is 0 Å². The molecule has 0 bridgehead atoms. The Morgan fingerprint density at radius 3 is 2.53 bits per heavy atom. The minimum atomic E-state index is 0.284. The quantitative estimate of drug-likeness (QED) is 0.750. The van der Waals surface area contributed by atoms with Crippen molar-refractivity contribution in [3.05, 3.63) is 0 Å². The monoisotopic (exact) mass is 268 g/mol. The van der Waals surface area contributed by atoms with Crippen molar-refractivity contribution in [2.45, 2.75) is 72.3 Å². The molecule has 3 nitrogen and oxygen atoms in total. The zero-order valence-corrected chi connectivity index (χ0v) is 13.3. The maximum absolute atomic E-state index is 11.9. The molecule has 0 heterocycles. The van der Waals surface area contributed by atoms with E-state index in [1.54, 1.807) is 0 Å². The average Bonchev–Trinajstić information content (AvgIpc) is 2.52. The molecule has 0 saturated heterocycles. The third-order valence-corrected chi connectivity index (χ3v) is 4.46. The molecule has 0 aromatic carbocycles. The summed E-state index contributed by atoms with van der Waals surface area (Å²) in [6, 6.07) is 0.617. The predicted octanol–water partition coefficient (Wildman–Crippen LogP) is 3.19. The highest BCUT2D eigenvalue weighted by molar-refractivity contribution is 5.76. The molecule has 1 aliphatic carbocycles. The van der Waals surface area contributed by atoms with E-state index in [-0.39, 0.29) is 5.91 Å². The molecule has 1 fully saturated rings. The average molecular weight is 268 g/mol. The van der Waals surface area contributed by atoms with E-state index in [9.17, 15) is 4.79 Å². The maximum Gasteiger partial charge on any atom is 0.223 e. The first-order valence-corrected chi connectivity index (χ1v) is 7.99. The van der Waals surface area contributed by atoms with Gasteiger partial charge in [-0.2, -0.15) is 0 Å². The summed E-state index contributed by atoms with van der Waals surface area (Å²) in [4.78, 5) is 13.8. The Labute approximate surface area is 119 Å². The summed E-state index contributed by atoms with van der Waals surface area (Å²) in [5, 5.41) is 3.59. The Balaban J connectivity index is 2.24. The largest absolute Gasteiger partial charge is 0.343 e. The Hall–Kier alpha value is -0.570. The van der Waals surface area contributed by atoms with E-state index < -0.39 is 0 Å². The number of nitrogens with zero attached hydrogens (tertiary/aromatic N) is 1. The van der Waals surface area contributed by atoms with Crippen molar-refractivity contribution in [3.8, 4) is 0 Å². The van der Waals surface area contributed by atoms with Crippen molar-refractivity contribution in [2.75, 3.05) is 19.6 Å². The van der Waals surface area contributed by atoms with Gasteiger partial charge in [-0.15, -0.1) is 0 Å². The second kappa shape index (κ2) is 7.88. The molecule has 1 unspecified atom stereocenters. The van der Waals surface area contributed by atoms with Crippen molar-refractivity contribution < 1.29 is 4.79 Å². The predicted molar refractivity (Wildman–Crippen MR) is 81.2 cm³/mol. The van der Waals surface area contributed by atoms with Gasteiger partial charge in [-0.25, -0.2) is 0 Å². The van der Waals surface area contributed by atoms with Gasteiger partial charge in [0.1, 0.15) is 0 Å². The molecule has 1 atom stereocenters. The van der Waals surface area contributed by atoms with Gasteiger partial charge in [0.2, 0.25) is 5.91 Å². The summed E-state index contributed by atoms with van der Waals surface area (Å²) in [7, 11) is 0. The second-order valence-electron chi connectivity index (χ2n) is 6.56. The first kappa shape index (κ1) is 16.5. The topological polar surface area (TPSA) is 32.3 Å². The van der Waals surface area contributed by atoms with Crippen LogP contribution in [0.3, 0.4) is 0 Å². The third kappa shape index (κ3) is 5.94. The van der Waals surface area contributed by atoms with E-state index >= 15 is 0 Å². The van der Waals surface area contributed by atoms with Crippen LogP contribution in [0.25, 0.3) is 0 Å². The van der Waals surface area contributed by atoms with Gasteiger partial charge in [0.15, 0.2) is 0 Å². The van der Waals surface area contributed by atoms with Gasteiger partial charge in [-0.1, -0.05) is 20.3 Å². The van der Waals surface area contributed by atoms with Gasteiger partial charge in [-0.05, 0) is 44.9 Å². The van der Waals surface area contributed by atoms with E-state index in [2.05, 4.69) is 19.2 Å². The number of carbonyl (C=O) groups excluding carboxylic acids is 1. The Bertz CT molecular complexity index is 272. The molecule has 1 N–H and O–H groups in total. The molecule has 0 aliphatic heterocycles. The molecule has 1 rings (SSSR count). The highest BCUT2D eigenvalue weighted by atomic mass is 16.2. The van der Waals surface area contributed by atoms with E-state index in [0.717, 1.165) is 19.6 Å². The lowest BCUT2D eigenvalue weighted by atomic mass is 9.85. The summed E-state index contributed by atoms with van der Waals surface area (Å²) in [6.07, 6.45) is 7.11. The van der Waals surface area contributed by atoms with Crippen LogP contribution in [0, 0.1) is 5.41 Å². The van der Waals surface area contributed by atoms with Crippen LogP contribution in [0.2, 0.25) is 0 Å². The van der Waals surface area contributed by atoms with Gasteiger partial charge in [0.05, 0.1) is 0 Å². The van der Waals surface area contributed by atoms with E-state index in [1.165, 1.54) is 32.1 Å². The number of hydrogen-bond donors (Lipinski definition) is 1. The van der Waals surface area contributed by atoms with E-state index in [4.69, 9.17) is 0 Å². The van der Waals surface area contributed by atoms with Crippen LogP contribution in [-0.4, -0.2) is 36.5 Å². The first-order chi connectivity index (χ1) is 8.98. The van der Waals surface area contributed by atoms with Gasteiger partial charge in [0.25, 0.3) is 0 Å². The lowest BCUT2D eigenvalue weighted by molar-refractivity contribution is -0.130. The van der Waals surface area contributed by atoms with Crippen LogP contribution in [0.4, 0.5) is 0 Å². The molecular formula is C16H32N2O. The maximum atomic E-state index is 11.9. The van der Waals surface area contributed by atoms with Crippen molar-refractivity contribution in [3.63, 3.8) is 0 Å². The van der Waals surface area contributed by atoms with E-state index in [1.807, 2.05) is 18.7 Å². The lowest BCUT2D eigenvalue weighted by Gasteiger charge is -2.22. The second-order valence-corrected chi connectivity index (χ2v) is 6.56. The fourth-order valence-electron chi connectivity index (χ4n) is 2.98. The number of hydrogen-bond acceptors (Lipinski definition) is 2. The number of rotatable bonds is 6. The Morgan fingerprint density at radius 2 is 1.89 bits per heavy atom. The minimum Gasteiger partial charge on any atom is -0.343 e. The molecule has 1 aliphatic rings. The standard InChI is InChI=1S/C16H32N2O/c1-5-18(6-2)15(19)10-13-17-14-8-7-11-16(3,4)12-9-14/h14,17H,5-13H2,1-4H3. The van der Waals surface area contributed by atoms with Gasteiger partial charge >= 0.3 is 0 Å². The molecule has 112 valence electrons. The molecule has 1 saturated carbocycles.